The summed E-state index contributed by atoms with van der Waals surface area (Å²) in [4.78, 5) is 39.4. The van der Waals surface area contributed by atoms with Crippen LogP contribution in [0.15, 0.2) is 75.9 Å². The third kappa shape index (κ3) is 6.77. The second-order valence-electron chi connectivity index (χ2n) is 6.70. The summed E-state index contributed by atoms with van der Waals surface area (Å²) in [5.74, 6) is -2.22. The molecule has 6 heteroatoms. The number of carbonyl (C=O) groups excluding carboxylic acids is 3. The summed E-state index contributed by atoms with van der Waals surface area (Å²) in [6.07, 6.45) is 9.44. The summed E-state index contributed by atoms with van der Waals surface area (Å²) in [5, 5.41) is 0. The van der Waals surface area contributed by atoms with Gasteiger partial charge in [0.2, 0.25) is 0 Å². The van der Waals surface area contributed by atoms with Gasteiger partial charge in [0.05, 0.1) is 16.7 Å². The lowest BCUT2D eigenvalue weighted by Crippen LogP contribution is -2.25. The summed E-state index contributed by atoms with van der Waals surface area (Å²) in [7, 11) is 0. The Balaban J connectivity index is 4.19. The highest BCUT2D eigenvalue weighted by atomic mass is 16.5. The van der Waals surface area contributed by atoms with Crippen LogP contribution in [0, 0.1) is 0 Å². The van der Waals surface area contributed by atoms with Crippen molar-refractivity contribution in [3.05, 3.63) is 109 Å². The van der Waals surface area contributed by atoms with E-state index >= 15 is 0 Å². The number of esters is 3. The van der Waals surface area contributed by atoms with Crippen molar-refractivity contribution in [2.45, 2.75) is 19.3 Å². The standard InChI is InChI=1S/C27H30O6/c1-7-13-19-20(14-8-2)23(26(29)32-17-11-5)24(27(30)33-18-12-6)21(15-9-3)22(19)25(28)31-16-10-4/h7-12H,1-6,13-18H2. The quantitative estimate of drug-likeness (QED) is 0.215. The Bertz CT molecular complexity index is 968. The molecule has 0 spiro atoms. The van der Waals surface area contributed by atoms with Crippen LogP contribution in [-0.2, 0) is 33.5 Å². The maximum Gasteiger partial charge on any atom is 0.339 e. The highest BCUT2D eigenvalue weighted by molar-refractivity contribution is 6.09. The van der Waals surface area contributed by atoms with Gasteiger partial charge in [-0.2, -0.15) is 0 Å². The fourth-order valence-electron chi connectivity index (χ4n) is 3.32. The first-order chi connectivity index (χ1) is 15.9. The predicted octanol–water partition coefficient (Wildman–Crippen LogP) is 4.90. The average Bonchev–Trinajstić information content (AvgIpc) is 2.80. The molecule has 33 heavy (non-hydrogen) atoms. The molecule has 0 atom stereocenters. The van der Waals surface area contributed by atoms with Crippen molar-refractivity contribution in [2.75, 3.05) is 19.8 Å². The first kappa shape index (κ1) is 27.1. The highest BCUT2D eigenvalue weighted by Gasteiger charge is 2.33. The summed E-state index contributed by atoms with van der Waals surface area (Å²) in [5.41, 5.74) is 1.22. The molecule has 0 saturated carbocycles. The van der Waals surface area contributed by atoms with Crippen LogP contribution in [0.25, 0.3) is 0 Å². The normalized spacial score (nSPS) is 9.82. The van der Waals surface area contributed by atoms with Crippen LogP contribution in [0.3, 0.4) is 0 Å². The van der Waals surface area contributed by atoms with Gasteiger partial charge in [0.1, 0.15) is 19.8 Å². The topological polar surface area (TPSA) is 78.9 Å². The van der Waals surface area contributed by atoms with Crippen molar-refractivity contribution in [1.29, 1.82) is 0 Å². The number of carbonyl (C=O) groups is 3. The maximum absolute atomic E-state index is 13.2. The van der Waals surface area contributed by atoms with Gasteiger partial charge in [-0.3, -0.25) is 0 Å². The van der Waals surface area contributed by atoms with Gasteiger partial charge in [0.25, 0.3) is 0 Å². The molecule has 0 heterocycles. The Hall–Kier alpha value is -3.93. The fourth-order valence-corrected chi connectivity index (χ4v) is 3.32. The minimum Gasteiger partial charge on any atom is -0.458 e. The number of allylic oxidation sites excluding steroid dienone is 3. The Morgan fingerprint density at radius 1 is 0.485 bits per heavy atom. The molecule has 0 fully saturated rings. The molecule has 0 aliphatic heterocycles. The molecule has 1 aromatic rings. The molecular weight excluding hydrogens is 420 g/mol. The summed E-state index contributed by atoms with van der Waals surface area (Å²) >= 11 is 0. The molecule has 0 N–H and O–H groups in total. The lowest BCUT2D eigenvalue weighted by molar-refractivity contribution is 0.0497. The molecule has 0 aliphatic carbocycles. The van der Waals surface area contributed by atoms with Crippen LogP contribution in [0.4, 0.5) is 0 Å². The van der Waals surface area contributed by atoms with Crippen LogP contribution in [0.2, 0.25) is 0 Å². The van der Waals surface area contributed by atoms with Crippen molar-refractivity contribution in [3.63, 3.8) is 0 Å². The van der Waals surface area contributed by atoms with E-state index in [1.807, 2.05) is 0 Å². The Morgan fingerprint density at radius 3 is 1.15 bits per heavy atom. The van der Waals surface area contributed by atoms with Gasteiger partial charge in [0, 0.05) is 0 Å². The average molecular weight is 451 g/mol. The first-order valence-electron chi connectivity index (χ1n) is 10.3. The molecule has 0 unspecified atom stereocenters. The lowest BCUT2D eigenvalue weighted by atomic mass is 9.82. The SMILES string of the molecule is C=CCOC(=O)c1c(CC=C)c(CC=C)c(C(=O)OCC=C)c(C(=O)OCC=C)c1CC=C. The molecule has 0 aliphatic rings. The first-order valence-corrected chi connectivity index (χ1v) is 10.3. The Kier molecular flexibility index (Phi) is 11.7. The third-order valence-corrected chi connectivity index (χ3v) is 4.48. The van der Waals surface area contributed by atoms with Gasteiger partial charge >= 0.3 is 17.9 Å². The van der Waals surface area contributed by atoms with E-state index in [-0.39, 0.29) is 61.3 Å². The van der Waals surface area contributed by atoms with Gasteiger partial charge in [-0.1, -0.05) is 56.2 Å². The van der Waals surface area contributed by atoms with Crippen molar-refractivity contribution in [2.24, 2.45) is 0 Å². The largest absolute Gasteiger partial charge is 0.458 e. The zero-order chi connectivity index (χ0) is 24.8. The van der Waals surface area contributed by atoms with Crippen molar-refractivity contribution >= 4 is 17.9 Å². The highest BCUT2D eigenvalue weighted by Crippen LogP contribution is 2.33. The smallest absolute Gasteiger partial charge is 0.339 e. The van der Waals surface area contributed by atoms with Gasteiger partial charge < -0.3 is 14.2 Å². The minimum absolute atomic E-state index is 0.000201. The van der Waals surface area contributed by atoms with E-state index in [0.29, 0.717) is 11.1 Å². The molecule has 0 radical (unpaired) electrons. The van der Waals surface area contributed by atoms with Crippen LogP contribution < -0.4 is 0 Å². The molecule has 174 valence electrons. The van der Waals surface area contributed by atoms with E-state index in [9.17, 15) is 14.4 Å². The summed E-state index contributed by atoms with van der Waals surface area (Å²) < 4.78 is 15.9. The fraction of sp³-hybridized carbons (Fsp3) is 0.222. The van der Waals surface area contributed by atoms with Crippen LogP contribution >= 0.6 is 0 Å². The predicted molar refractivity (Wildman–Crippen MR) is 130 cm³/mol. The van der Waals surface area contributed by atoms with E-state index in [1.165, 1.54) is 24.3 Å². The molecule has 0 bridgehead atoms. The Labute approximate surface area is 195 Å². The van der Waals surface area contributed by atoms with Gasteiger partial charge in [-0.15, -0.1) is 19.7 Å². The lowest BCUT2D eigenvalue weighted by Gasteiger charge is -2.23. The van der Waals surface area contributed by atoms with Crippen LogP contribution in [0.1, 0.15) is 47.8 Å². The molecule has 1 aromatic carbocycles. The molecular formula is C27H30O6. The summed E-state index contributed by atoms with van der Waals surface area (Å²) in [6, 6.07) is 0. The summed E-state index contributed by atoms with van der Waals surface area (Å²) in [6.45, 7) is 21.7. The van der Waals surface area contributed by atoms with Crippen molar-refractivity contribution in [1.82, 2.24) is 0 Å². The van der Waals surface area contributed by atoms with E-state index in [1.54, 1.807) is 12.2 Å². The third-order valence-electron chi connectivity index (χ3n) is 4.48. The van der Waals surface area contributed by atoms with Gasteiger partial charge in [-0.05, 0) is 36.0 Å². The van der Waals surface area contributed by atoms with E-state index in [0.717, 1.165) is 0 Å². The number of benzene rings is 1. The molecule has 0 aromatic heterocycles. The zero-order valence-corrected chi connectivity index (χ0v) is 18.9. The molecule has 6 nitrogen and oxygen atoms in total. The number of rotatable bonds is 15. The number of hydrogen-bond acceptors (Lipinski definition) is 6. The maximum atomic E-state index is 13.2. The second-order valence-corrected chi connectivity index (χ2v) is 6.70. The molecule has 0 amide bonds. The van der Waals surface area contributed by atoms with E-state index in [2.05, 4.69) is 39.5 Å². The second kappa shape index (κ2) is 14.2. The minimum atomic E-state index is -0.800. The van der Waals surface area contributed by atoms with Crippen LogP contribution in [-0.4, -0.2) is 37.7 Å². The van der Waals surface area contributed by atoms with Gasteiger partial charge in [-0.25, -0.2) is 14.4 Å². The van der Waals surface area contributed by atoms with Gasteiger partial charge in [0.15, 0.2) is 0 Å². The molecule has 0 saturated heterocycles. The van der Waals surface area contributed by atoms with Crippen LogP contribution in [0.5, 0.6) is 0 Å². The monoisotopic (exact) mass is 450 g/mol. The van der Waals surface area contributed by atoms with Crippen molar-refractivity contribution < 1.29 is 28.6 Å². The molecule has 1 rings (SSSR count). The van der Waals surface area contributed by atoms with E-state index in [4.69, 9.17) is 14.2 Å². The number of ether oxygens (including phenoxy) is 3. The zero-order valence-electron chi connectivity index (χ0n) is 18.9. The Morgan fingerprint density at radius 2 is 0.788 bits per heavy atom. The van der Waals surface area contributed by atoms with E-state index < -0.39 is 17.9 Å². The van der Waals surface area contributed by atoms with Crippen molar-refractivity contribution in [3.8, 4) is 0 Å². The number of hydrogen-bond donors (Lipinski definition) is 0.